The second-order valence-electron chi connectivity index (χ2n) is 8.20. The summed E-state index contributed by atoms with van der Waals surface area (Å²) in [5.74, 6) is -0.811. The van der Waals surface area contributed by atoms with E-state index in [1.54, 1.807) is 35.9 Å². The molecular weight excluding hydrogens is 517 g/mol. The molecule has 0 fully saturated rings. The number of esters is 1. The Hall–Kier alpha value is -3.88. The second kappa shape index (κ2) is 11.0. The van der Waals surface area contributed by atoms with Gasteiger partial charge in [-0.1, -0.05) is 59.6 Å². The van der Waals surface area contributed by atoms with Crippen LogP contribution in [0.25, 0.3) is 22.0 Å². The number of hydrogen-bond donors (Lipinski definition) is 1. The Bertz CT molecular complexity index is 1530. The number of pyridine rings is 2. The van der Waals surface area contributed by atoms with Crippen LogP contribution in [0, 0.1) is 0 Å². The molecule has 0 unspecified atom stereocenters. The fourth-order valence-electron chi connectivity index (χ4n) is 4.16. The Labute approximate surface area is 222 Å². The first kappa shape index (κ1) is 26.2. The van der Waals surface area contributed by atoms with Crippen molar-refractivity contribution >= 4 is 46.0 Å². The number of halogens is 2. The molecule has 0 aliphatic heterocycles. The lowest BCUT2D eigenvalue weighted by atomic mass is 9.99. The predicted molar refractivity (Wildman–Crippen MR) is 142 cm³/mol. The molecule has 2 heterocycles. The molecule has 0 radical (unpaired) electrons. The maximum absolute atomic E-state index is 13.2. The van der Waals surface area contributed by atoms with E-state index in [4.69, 9.17) is 32.7 Å². The monoisotopic (exact) mass is 539 g/mol. The molecule has 0 saturated heterocycles. The molecular formula is C27H23Cl2N3O5. The van der Waals surface area contributed by atoms with Gasteiger partial charge in [-0.15, -0.1) is 0 Å². The zero-order valence-corrected chi connectivity index (χ0v) is 21.8. The van der Waals surface area contributed by atoms with E-state index < -0.39 is 17.9 Å². The summed E-state index contributed by atoms with van der Waals surface area (Å²) < 4.78 is 12.1. The molecule has 190 valence electrons. The van der Waals surface area contributed by atoms with Crippen LogP contribution < -0.4 is 15.6 Å². The zero-order chi connectivity index (χ0) is 26.7. The fourth-order valence-corrected chi connectivity index (χ4v) is 4.68. The number of rotatable bonds is 7. The van der Waals surface area contributed by atoms with Gasteiger partial charge in [0, 0.05) is 25.1 Å². The van der Waals surface area contributed by atoms with Gasteiger partial charge in [-0.25, -0.2) is 9.78 Å². The van der Waals surface area contributed by atoms with Gasteiger partial charge in [0.05, 0.1) is 35.9 Å². The maximum atomic E-state index is 13.2. The molecule has 0 spiro atoms. The largest absolute Gasteiger partial charge is 0.495 e. The Kier molecular flexibility index (Phi) is 7.80. The number of aryl methyl sites for hydroxylation is 1. The van der Waals surface area contributed by atoms with Crippen molar-refractivity contribution < 1.29 is 19.1 Å². The molecule has 0 aliphatic rings. The molecule has 0 bridgehead atoms. The maximum Gasteiger partial charge on any atom is 0.328 e. The van der Waals surface area contributed by atoms with Gasteiger partial charge < -0.3 is 19.4 Å². The number of nitrogens with one attached hydrogen (secondary N) is 1. The molecule has 2 aromatic carbocycles. The van der Waals surface area contributed by atoms with Crippen molar-refractivity contribution in [2.75, 3.05) is 14.2 Å². The van der Waals surface area contributed by atoms with Crippen molar-refractivity contribution in [2.24, 2.45) is 7.05 Å². The average Bonchev–Trinajstić information content (AvgIpc) is 2.90. The SMILES string of the molecule is COC(=O)[C@H](Cc1ccc(-c2c(OC)c3ccccc3n(C)c2=O)cc1)NC(=O)c1c(Cl)ccnc1Cl. The summed E-state index contributed by atoms with van der Waals surface area (Å²) in [4.78, 5) is 42.3. The highest BCUT2D eigenvalue weighted by molar-refractivity contribution is 6.39. The second-order valence-corrected chi connectivity index (χ2v) is 8.96. The van der Waals surface area contributed by atoms with Gasteiger partial charge in [-0.3, -0.25) is 9.59 Å². The van der Waals surface area contributed by atoms with Gasteiger partial charge >= 0.3 is 5.97 Å². The molecule has 4 rings (SSSR count). The first-order chi connectivity index (χ1) is 17.8. The Morgan fingerprint density at radius 1 is 1.05 bits per heavy atom. The highest BCUT2D eigenvalue weighted by atomic mass is 35.5. The summed E-state index contributed by atoms with van der Waals surface area (Å²) in [6, 6.07) is 15.0. The smallest absolute Gasteiger partial charge is 0.328 e. The minimum absolute atomic E-state index is 0.0330. The third kappa shape index (κ3) is 5.16. The summed E-state index contributed by atoms with van der Waals surface area (Å²) in [5.41, 5.74) is 2.32. The number of fused-ring (bicyclic) bond motifs is 1. The Morgan fingerprint density at radius 2 is 1.76 bits per heavy atom. The van der Waals surface area contributed by atoms with Crippen LogP contribution in [-0.2, 0) is 23.0 Å². The van der Waals surface area contributed by atoms with Crippen molar-refractivity contribution in [3.63, 3.8) is 0 Å². The van der Waals surface area contributed by atoms with E-state index in [2.05, 4.69) is 10.3 Å². The topological polar surface area (TPSA) is 99.5 Å². The zero-order valence-electron chi connectivity index (χ0n) is 20.2. The molecule has 4 aromatic rings. The summed E-state index contributed by atoms with van der Waals surface area (Å²) in [6.07, 6.45) is 1.50. The molecule has 2 aromatic heterocycles. The van der Waals surface area contributed by atoms with Crippen LogP contribution in [0.15, 0.2) is 65.6 Å². The van der Waals surface area contributed by atoms with Crippen LogP contribution in [0.1, 0.15) is 15.9 Å². The van der Waals surface area contributed by atoms with Crippen molar-refractivity contribution in [2.45, 2.75) is 12.5 Å². The molecule has 37 heavy (non-hydrogen) atoms. The normalized spacial score (nSPS) is 11.7. The lowest BCUT2D eigenvalue weighted by Crippen LogP contribution is -2.43. The van der Waals surface area contributed by atoms with E-state index >= 15 is 0 Å². The van der Waals surface area contributed by atoms with Crippen LogP contribution in [-0.4, -0.2) is 41.7 Å². The number of aromatic nitrogens is 2. The van der Waals surface area contributed by atoms with E-state index in [-0.39, 0.29) is 27.7 Å². The van der Waals surface area contributed by atoms with Crippen molar-refractivity contribution in [3.05, 3.63) is 92.5 Å². The lowest BCUT2D eigenvalue weighted by Gasteiger charge is -2.18. The van der Waals surface area contributed by atoms with Crippen LogP contribution in [0.4, 0.5) is 0 Å². The number of benzene rings is 2. The van der Waals surface area contributed by atoms with Crippen molar-refractivity contribution in [3.8, 4) is 16.9 Å². The number of para-hydroxylation sites is 1. The molecule has 1 atom stereocenters. The molecule has 8 nitrogen and oxygen atoms in total. The minimum Gasteiger partial charge on any atom is -0.495 e. The van der Waals surface area contributed by atoms with E-state index in [1.807, 2.05) is 24.3 Å². The third-order valence-corrected chi connectivity index (χ3v) is 6.62. The lowest BCUT2D eigenvalue weighted by molar-refractivity contribution is -0.142. The summed E-state index contributed by atoms with van der Waals surface area (Å²) >= 11 is 12.1. The predicted octanol–water partition coefficient (Wildman–Crippen LogP) is 4.43. The van der Waals surface area contributed by atoms with E-state index in [0.29, 0.717) is 16.9 Å². The first-order valence-corrected chi connectivity index (χ1v) is 12.0. The number of carbonyl (C=O) groups is 2. The number of ether oxygens (including phenoxy) is 2. The van der Waals surface area contributed by atoms with Gasteiger partial charge in [0.1, 0.15) is 16.9 Å². The third-order valence-electron chi connectivity index (χ3n) is 6.01. The average molecular weight is 540 g/mol. The number of amides is 1. The summed E-state index contributed by atoms with van der Waals surface area (Å²) in [5, 5.41) is 3.46. The Morgan fingerprint density at radius 3 is 2.41 bits per heavy atom. The number of nitrogens with zero attached hydrogens (tertiary/aromatic N) is 2. The van der Waals surface area contributed by atoms with Crippen LogP contribution in [0.5, 0.6) is 5.75 Å². The van der Waals surface area contributed by atoms with Crippen molar-refractivity contribution in [1.82, 2.24) is 14.9 Å². The molecule has 0 saturated carbocycles. The van der Waals surface area contributed by atoms with Gasteiger partial charge in [0.15, 0.2) is 0 Å². The quantitative estimate of drug-likeness (QED) is 0.275. The highest BCUT2D eigenvalue weighted by Gasteiger charge is 2.26. The molecule has 10 heteroatoms. The summed E-state index contributed by atoms with van der Waals surface area (Å²) in [6.45, 7) is 0. The number of carbonyl (C=O) groups excluding carboxylic acids is 2. The molecule has 1 amide bonds. The van der Waals surface area contributed by atoms with Crippen LogP contribution in [0.3, 0.4) is 0 Å². The van der Waals surface area contributed by atoms with Gasteiger partial charge in [-0.05, 0) is 29.3 Å². The fraction of sp³-hybridized carbons (Fsp3) is 0.185. The van der Waals surface area contributed by atoms with Crippen LogP contribution in [0.2, 0.25) is 10.2 Å². The van der Waals surface area contributed by atoms with Crippen molar-refractivity contribution in [1.29, 1.82) is 0 Å². The van der Waals surface area contributed by atoms with E-state index in [1.165, 1.54) is 26.5 Å². The standard InChI is InChI=1S/C27H23Cl2N3O5/c1-32-20-7-5-4-6-17(20)23(36-2)21(26(32)34)16-10-8-15(9-11-16)14-19(27(35)37-3)31-25(33)22-18(28)12-13-30-24(22)29/h4-13,19H,14H2,1-3H3,(H,31,33)/t19-/m0/s1. The van der Waals surface area contributed by atoms with E-state index in [9.17, 15) is 14.4 Å². The number of methoxy groups -OCH3 is 2. The Balaban J connectivity index is 1.65. The summed E-state index contributed by atoms with van der Waals surface area (Å²) in [7, 11) is 4.48. The van der Waals surface area contributed by atoms with Gasteiger partial charge in [0.25, 0.3) is 11.5 Å². The van der Waals surface area contributed by atoms with Gasteiger partial charge in [0.2, 0.25) is 0 Å². The number of hydrogen-bond acceptors (Lipinski definition) is 6. The van der Waals surface area contributed by atoms with Gasteiger partial charge in [-0.2, -0.15) is 0 Å². The molecule has 0 aliphatic carbocycles. The first-order valence-electron chi connectivity index (χ1n) is 11.2. The van der Waals surface area contributed by atoms with E-state index in [0.717, 1.165) is 16.5 Å². The highest BCUT2D eigenvalue weighted by Crippen LogP contribution is 2.34. The molecule has 1 N–H and O–H groups in total. The van der Waals surface area contributed by atoms with Crippen LogP contribution >= 0.6 is 23.2 Å². The minimum atomic E-state index is -1.02.